The number of nitrogens with one attached hydrogen (secondary N) is 1. The van der Waals surface area contributed by atoms with E-state index in [1.807, 2.05) is 13.8 Å². The van der Waals surface area contributed by atoms with Crippen molar-refractivity contribution in [1.82, 2.24) is 5.32 Å². The maximum Gasteiger partial charge on any atom is 0.251 e. The molecule has 0 saturated carbocycles. The lowest BCUT2D eigenvalue weighted by Gasteiger charge is -2.26. The van der Waals surface area contributed by atoms with E-state index >= 15 is 0 Å². The molecule has 1 amide bonds. The zero-order chi connectivity index (χ0) is 13.8. The molecule has 3 N–H and O–H groups in total. The summed E-state index contributed by atoms with van der Waals surface area (Å²) in [5.74, 6) is -0.758. The normalized spacial score (nSPS) is 11.4. The van der Waals surface area contributed by atoms with Crippen molar-refractivity contribution in [2.75, 3.05) is 6.54 Å². The van der Waals surface area contributed by atoms with Crippen molar-refractivity contribution >= 4 is 21.8 Å². The van der Waals surface area contributed by atoms with Crippen LogP contribution >= 0.6 is 15.9 Å². The number of rotatable bonds is 5. The number of carbonyl (C=O) groups excluding carboxylic acids is 1. The molecule has 18 heavy (non-hydrogen) atoms. The molecule has 0 aromatic heterocycles. The van der Waals surface area contributed by atoms with E-state index in [2.05, 4.69) is 21.2 Å². The van der Waals surface area contributed by atoms with Gasteiger partial charge in [-0.25, -0.2) is 4.39 Å². The summed E-state index contributed by atoms with van der Waals surface area (Å²) in [6.45, 7) is 4.34. The Hall–Kier alpha value is -0.940. The number of benzene rings is 1. The van der Waals surface area contributed by atoms with Gasteiger partial charge in [-0.3, -0.25) is 4.79 Å². The second kappa shape index (κ2) is 6.29. The van der Waals surface area contributed by atoms with E-state index in [0.717, 1.165) is 12.8 Å². The van der Waals surface area contributed by atoms with Gasteiger partial charge in [-0.15, -0.1) is 0 Å². The van der Waals surface area contributed by atoms with E-state index in [4.69, 9.17) is 5.73 Å². The van der Waals surface area contributed by atoms with Gasteiger partial charge in [0.05, 0.1) is 0 Å². The van der Waals surface area contributed by atoms with E-state index in [9.17, 15) is 9.18 Å². The topological polar surface area (TPSA) is 55.1 Å². The fourth-order valence-corrected chi connectivity index (χ4v) is 2.01. The molecule has 0 bridgehead atoms. The van der Waals surface area contributed by atoms with E-state index in [1.54, 1.807) is 6.07 Å². The molecule has 0 saturated heterocycles. The zero-order valence-corrected chi connectivity index (χ0v) is 12.2. The molecular formula is C13H18BrFN2O. The van der Waals surface area contributed by atoms with Gasteiger partial charge in [-0.2, -0.15) is 0 Å². The second-order valence-corrected chi connectivity index (χ2v) is 5.33. The highest BCUT2D eigenvalue weighted by atomic mass is 79.9. The lowest BCUT2D eigenvalue weighted by molar-refractivity contribution is 0.0941. The quantitative estimate of drug-likeness (QED) is 0.877. The van der Waals surface area contributed by atoms with Crippen LogP contribution in [0.5, 0.6) is 0 Å². The highest BCUT2D eigenvalue weighted by Gasteiger charge is 2.21. The van der Waals surface area contributed by atoms with Crippen LogP contribution in [0.1, 0.15) is 37.0 Å². The first-order valence-corrected chi connectivity index (χ1v) is 6.72. The van der Waals surface area contributed by atoms with Gasteiger partial charge < -0.3 is 11.1 Å². The maximum absolute atomic E-state index is 13.2. The summed E-state index contributed by atoms with van der Waals surface area (Å²) in [5.41, 5.74) is 5.97. The molecule has 0 radical (unpaired) electrons. The number of hydrogen-bond acceptors (Lipinski definition) is 2. The maximum atomic E-state index is 13.2. The number of halogens is 2. The number of amides is 1. The van der Waals surface area contributed by atoms with Crippen LogP contribution < -0.4 is 11.1 Å². The third kappa shape index (κ3) is 4.07. The largest absolute Gasteiger partial charge is 0.350 e. The molecule has 5 heteroatoms. The van der Waals surface area contributed by atoms with Crippen LogP contribution in [0.2, 0.25) is 0 Å². The van der Waals surface area contributed by atoms with E-state index in [1.165, 1.54) is 12.1 Å². The smallest absolute Gasteiger partial charge is 0.251 e. The van der Waals surface area contributed by atoms with Crippen LogP contribution in [0.15, 0.2) is 22.7 Å². The number of nitrogens with two attached hydrogens (primary N) is 1. The molecule has 0 fully saturated rings. The van der Waals surface area contributed by atoms with E-state index in [0.29, 0.717) is 11.0 Å². The Morgan fingerprint density at radius 2 is 2.00 bits per heavy atom. The minimum Gasteiger partial charge on any atom is -0.350 e. The molecule has 0 heterocycles. The fourth-order valence-electron chi connectivity index (χ4n) is 1.54. The van der Waals surface area contributed by atoms with Gasteiger partial charge >= 0.3 is 0 Å². The van der Waals surface area contributed by atoms with Crippen LogP contribution in [0.3, 0.4) is 0 Å². The minimum absolute atomic E-state index is 0.288. The van der Waals surface area contributed by atoms with Crippen molar-refractivity contribution < 1.29 is 9.18 Å². The molecular weight excluding hydrogens is 299 g/mol. The third-order valence-corrected chi connectivity index (χ3v) is 3.59. The third-order valence-electron chi connectivity index (χ3n) is 3.13. The van der Waals surface area contributed by atoms with Crippen LogP contribution in [-0.2, 0) is 0 Å². The van der Waals surface area contributed by atoms with Crippen molar-refractivity contribution in [2.24, 2.45) is 5.73 Å². The van der Waals surface area contributed by atoms with Crippen molar-refractivity contribution in [1.29, 1.82) is 0 Å². The van der Waals surface area contributed by atoms with Crippen LogP contribution in [0.25, 0.3) is 0 Å². The minimum atomic E-state index is -0.445. The zero-order valence-electron chi connectivity index (χ0n) is 10.6. The summed E-state index contributed by atoms with van der Waals surface area (Å²) in [5, 5.41) is 2.74. The first-order valence-electron chi connectivity index (χ1n) is 5.93. The van der Waals surface area contributed by atoms with Crippen molar-refractivity contribution in [3.8, 4) is 0 Å². The summed E-state index contributed by atoms with van der Waals surface area (Å²) >= 11 is 3.15. The van der Waals surface area contributed by atoms with E-state index < -0.39 is 11.4 Å². The van der Waals surface area contributed by atoms with E-state index in [-0.39, 0.29) is 11.5 Å². The van der Waals surface area contributed by atoms with Crippen LogP contribution in [0, 0.1) is 5.82 Å². The summed E-state index contributed by atoms with van der Waals surface area (Å²) in [7, 11) is 0. The predicted molar refractivity (Wildman–Crippen MR) is 73.9 cm³/mol. The molecule has 0 atom stereocenters. The summed E-state index contributed by atoms with van der Waals surface area (Å²) in [4.78, 5) is 11.9. The molecule has 1 aromatic carbocycles. The summed E-state index contributed by atoms with van der Waals surface area (Å²) in [6, 6.07) is 4.09. The molecule has 0 aliphatic carbocycles. The van der Waals surface area contributed by atoms with Crippen LogP contribution in [0.4, 0.5) is 4.39 Å². The average molecular weight is 317 g/mol. The Balaban J connectivity index is 2.71. The monoisotopic (exact) mass is 316 g/mol. The van der Waals surface area contributed by atoms with Gasteiger partial charge in [-0.1, -0.05) is 29.8 Å². The Morgan fingerprint density at radius 1 is 1.39 bits per heavy atom. The number of hydrogen-bond donors (Lipinski definition) is 2. The SMILES string of the molecule is CCC(N)(CC)CNC(=O)c1cc(F)cc(Br)c1. The molecule has 3 nitrogen and oxygen atoms in total. The highest BCUT2D eigenvalue weighted by Crippen LogP contribution is 2.15. The van der Waals surface area contributed by atoms with Crippen LogP contribution in [-0.4, -0.2) is 18.0 Å². The molecule has 0 spiro atoms. The average Bonchev–Trinajstić information content (AvgIpc) is 2.34. The summed E-state index contributed by atoms with van der Waals surface area (Å²) in [6.07, 6.45) is 1.55. The van der Waals surface area contributed by atoms with Gasteiger partial charge in [0.1, 0.15) is 5.82 Å². The first kappa shape index (κ1) is 15.1. The lowest BCUT2D eigenvalue weighted by atomic mass is 9.94. The molecule has 1 rings (SSSR count). The molecule has 100 valence electrons. The fraction of sp³-hybridized carbons (Fsp3) is 0.462. The first-order chi connectivity index (χ1) is 8.40. The Morgan fingerprint density at radius 3 is 2.50 bits per heavy atom. The van der Waals surface area contributed by atoms with Gasteiger partial charge in [0, 0.05) is 22.1 Å². The predicted octanol–water partition coefficient (Wildman–Crippen LogP) is 2.84. The van der Waals surface area contributed by atoms with Crippen molar-refractivity contribution in [3.63, 3.8) is 0 Å². The second-order valence-electron chi connectivity index (χ2n) is 4.41. The molecule has 0 aliphatic rings. The van der Waals surface area contributed by atoms with Crippen molar-refractivity contribution in [2.45, 2.75) is 32.2 Å². The molecule has 0 aliphatic heterocycles. The summed E-state index contributed by atoms with van der Waals surface area (Å²) < 4.78 is 13.7. The van der Waals surface area contributed by atoms with Gasteiger partial charge in [0.2, 0.25) is 0 Å². The van der Waals surface area contributed by atoms with Gasteiger partial charge in [0.25, 0.3) is 5.91 Å². The number of carbonyl (C=O) groups is 1. The highest BCUT2D eigenvalue weighted by molar-refractivity contribution is 9.10. The van der Waals surface area contributed by atoms with Gasteiger partial charge in [-0.05, 0) is 31.0 Å². The van der Waals surface area contributed by atoms with Gasteiger partial charge in [0.15, 0.2) is 0 Å². The molecule has 0 unspecified atom stereocenters. The Labute approximate surface area is 115 Å². The Kier molecular flexibility index (Phi) is 5.28. The Bertz CT molecular complexity index is 413. The standard InChI is InChI=1S/C13H18BrFN2O/c1-3-13(16,4-2)8-17-12(18)9-5-10(14)7-11(15)6-9/h5-7H,3-4,8,16H2,1-2H3,(H,17,18). The van der Waals surface area contributed by atoms with Crippen molar-refractivity contribution in [3.05, 3.63) is 34.1 Å². The lowest BCUT2D eigenvalue weighted by Crippen LogP contribution is -2.49. The molecule has 1 aromatic rings.